The molecule has 0 amide bonds. The van der Waals surface area contributed by atoms with Crippen molar-refractivity contribution in [2.45, 2.75) is 38.8 Å². The van der Waals surface area contributed by atoms with Gasteiger partial charge in [0, 0.05) is 25.2 Å². The van der Waals surface area contributed by atoms with E-state index in [9.17, 15) is 0 Å². The quantitative estimate of drug-likeness (QED) is 0.886. The van der Waals surface area contributed by atoms with Crippen LogP contribution in [-0.2, 0) is 4.74 Å². The highest BCUT2D eigenvalue weighted by atomic mass is 16.5. The van der Waals surface area contributed by atoms with Gasteiger partial charge in [0.2, 0.25) is 5.88 Å². The molecule has 2 unspecified atom stereocenters. The summed E-state index contributed by atoms with van der Waals surface area (Å²) in [5.41, 5.74) is 0. The van der Waals surface area contributed by atoms with Gasteiger partial charge in [0.05, 0.1) is 19.3 Å². The lowest BCUT2D eigenvalue weighted by Crippen LogP contribution is -2.48. The van der Waals surface area contributed by atoms with E-state index in [4.69, 9.17) is 9.47 Å². The molecule has 3 rings (SSSR count). The second-order valence-corrected chi connectivity index (χ2v) is 5.70. The Labute approximate surface area is 125 Å². The number of aryl methyl sites for hydroxylation is 1. The summed E-state index contributed by atoms with van der Waals surface area (Å²) in [6, 6.07) is 2.49. The first-order valence-corrected chi connectivity index (χ1v) is 7.82. The van der Waals surface area contributed by atoms with Crippen LogP contribution in [0.25, 0.3) is 0 Å². The van der Waals surface area contributed by atoms with Crippen LogP contribution in [0.2, 0.25) is 0 Å². The molecule has 2 fully saturated rings. The minimum atomic E-state index is 0.227. The summed E-state index contributed by atoms with van der Waals surface area (Å²) in [4.78, 5) is 11.2. The average Bonchev–Trinajstić information content (AvgIpc) is 2.92. The van der Waals surface area contributed by atoms with Gasteiger partial charge in [0.25, 0.3) is 0 Å². The Morgan fingerprint density at radius 1 is 1.48 bits per heavy atom. The number of morpholine rings is 1. The predicted octanol–water partition coefficient (Wildman–Crippen LogP) is 1.46. The monoisotopic (exact) mass is 292 g/mol. The average molecular weight is 292 g/mol. The molecule has 1 N–H and O–H groups in total. The van der Waals surface area contributed by atoms with Gasteiger partial charge in [-0.1, -0.05) is 0 Å². The fraction of sp³-hybridized carbons (Fsp3) is 0.733. The minimum Gasteiger partial charge on any atom is -0.478 e. The van der Waals surface area contributed by atoms with E-state index in [0.29, 0.717) is 24.4 Å². The molecule has 0 spiro atoms. The van der Waals surface area contributed by atoms with Crippen LogP contribution in [0, 0.1) is 6.92 Å². The first-order chi connectivity index (χ1) is 10.2. The van der Waals surface area contributed by atoms with Crippen molar-refractivity contribution in [2.24, 2.45) is 0 Å². The molecule has 6 heteroatoms. The number of nitrogens with zero attached hydrogens (tertiary/aromatic N) is 3. The molecule has 0 radical (unpaired) electrons. The number of rotatable bonds is 5. The van der Waals surface area contributed by atoms with Crippen LogP contribution in [0.15, 0.2) is 6.07 Å². The zero-order valence-corrected chi connectivity index (χ0v) is 12.8. The standard InChI is InChI=1S/C15H24N4O2/c1-3-20-15-7-14(17-11(2)18-15)16-8-13-9-19-6-4-5-12(19)10-21-13/h7,12-13H,3-6,8-10H2,1-2H3,(H,16,17,18). The van der Waals surface area contributed by atoms with Gasteiger partial charge in [0.15, 0.2) is 0 Å². The lowest BCUT2D eigenvalue weighted by Gasteiger charge is -2.35. The molecule has 1 aromatic rings. The molecule has 0 aromatic carbocycles. The summed E-state index contributed by atoms with van der Waals surface area (Å²) in [6.07, 6.45) is 2.81. The summed E-state index contributed by atoms with van der Waals surface area (Å²) in [7, 11) is 0. The van der Waals surface area contributed by atoms with Crippen molar-refractivity contribution in [2.75, 3.05) is 38.2 Å². The topological polar surface area (TPSA) is 59.5 Å². The van der Waals surface area contributed by atoms with Gasteiger partial charge in [-0.3, -0.25) is 4.90 Å². The molecule has 0 aliphatic carbocycles. The maximum atomic E-state index is 5.94. The van der Waals surface area contributed by atoms with Crippen molar-refractivity contribution >= 4 is 5.82 Å². The van der Waals surface area contributed by atoms with E-state index in [-0.39, 0.29) is 6.10 Å². The predicted molar refractivity (Wildman–Crippen MR) is 80.8 cm³/mol. The largest absolute Gasteiger partial charge is 0.478 e. The Hall–Kier alpha value is -1.40. The molecule has 1 aromatic heterocycles. The van der Waals surface area contributed by atoms with Crippen molar-refractivity contribution in [3.05, 3.63) is 11.9 Å². The lowest BCUT2D eigenvalue weighted by molar-refractivity contribution is -0.0416. The number of fused-ring (bicyclic) bond motifs is 1. The highest BCUT2D eigenvalue weighted by Gasteiger charge is 2.31. The molecule has 0 bridgehead atoms. The molecule has 6 nitrogen and oxygen atoms in total. The Kier molecular flexibility index (Phi) is 4.55. The highest BCUT2D eigenvalue weighted by molar-refractivity contribution is 5.38. The van der Waals surface area contributed by atoms with Gasteiger partial charge in [-0.25, -0.2) is 4.98 Å². The Balaban J connectivity index is 1.55. The summed E-state index contributed by atoms with van der Waals surface area (Å²) in [5, 5.41) is 3.35. The van der Waals surface area contributed by atoms with Crippen LogP contribution >= 0.6 is 0 Å². The summed E-state index contributed by atoms with van der Waals surface area (Å²) < 4.78 is 11.4. The fourth-order valence-electron chi connectivity index (χ4n) is 3.08. The van der Waals surface area contributed by atoms with Gasteiger partial charge in [0.1, 0.15) is 11.6 Å². The van der Waals surface area contributed by atoms with Crippen molar-refractivity contribution < 1.29 is 9.47 Å². The molecular weight excluding hydrogens is 268 g/mol. The van der Waals surface area contributed by atoms with E-state index in [1.165, 1.54) is 19.4 Å². The van der Waals surface area contributed by atoms with Crippen LogP contribution < -0.4 is 10.1 Å². The van der Waals surface area contributed by atoms with Crippen LogP contribution in [-0.4, -0.2) is 59.9 Å². The maximum Gasteiger partial charge on any atom is 0.218 e. The summed E-state index contributed by atoms with van der Waals surface area (Å²) in [5.74, 6) is 2.14. The molecule has 2 aliphatic heterocycles. The fourth-order valence-corrected chi connectivity index (χ4v) is 3.08. The van der Waals surface area contributed by atoms with Crippen LogP contribution in [0.4, 0.5) is 5.82 Å². The molecule has 116 valence electrons. The van der Waals surface area contributed by atoms with Gasteiger partial charge in [-0.05, 0) is 33.2 Å². The second kappa shape index (κ2) is 6.58. The maximum absolute atomic E-state index is 5.94. The molecule has 2 saturated heterocycles. The van der Waals surface area contributed by atoms with Gasteiger partial charge >= 0.3 is 0 Å². The number of ether oxygens (including phenoxy) is 2. The van der Waals surface area contributed by atoms with E-state index in [1.54, 1.807) is 0 Å². The lowest BCUT2D eigenvalue weighted by atomic mass is 10.2. The first kappa shape index (κ1) is 14.5. The second-order valence-electron chi connectivity index (χ2n) is 5.70. The van der Waals surface area contributed by atoms with E-state index in [1.807, 2.05) is 19.9 Å². The number of hydrogen-bond donors (Lipinski definition) is 1. The SMILES string of the molecule is CCOc1cc(NCC2CN3CCCC3CO2)nc(C)n1. The van der Waals surface area contributed by atoms with Crippen LogP contribution in [0.1, 0.15) is 25.6 Å². The number of nitrogens with one attached hydrogen (secondary N) is 1. The zero-order valence-electron chi connectivity index (χ0n) is 12.8. The molecule has 0 saturated carbocycles. The van der Waals surface area contributed by atoms with Crippen molar-refractivity contribution in [1.29, 1.82) is 0 Å². The van der Waals surface area contributed by atoms with Gasteiger partial charge in [-0.2, -0.15) is 4.98 Å². The zero-order chi connectivity index (χ0) is 14.7. The Bertz CT molecular complexity index is 483. The van der Waals surface area contributed by atoms with Crippen molar-refractivity contribution in [3.63, 3.8) is 0 Å². The number of aromatic nitrogens is 2. The van der Waals surface area contributed by atoms with Crippen LogP contribution in [0.3, 0.4) is 0 Å². The first-order valence-electron chi connectivity index (χ1n) is 7.82. The Morgan fingerprint density at radius 3 is 3.24 bits per heavy atom. The number of anilines is 1. The molecule has 21 heavy (non-hydrogen) atoms. The smallest absolute Gasteiger partial charge is 0.218 e. The van der Waals surface area contributed by atoms with E-state index in [0.717, 1.165) is 25.5 Å². The van der Waals surface area contributed by atoms with Crippen molar-refractivity contribution in [1.82, 2.24) is 14.9 Å². The van der Waals surface area contributed by atoms with Gasteiger partial charge in [-0.15, -0.1) is 0 Å². The third-order valence-electron chi connectivity index (χ3n) is 4.08. The normalized spacial score (nSPS) is 25.6. The third-order valence-corrected chi connectivity index (χ3v) is 4.08. The van der Waals surface area contributed by atoms with Crippen LogP contribution in [0.5, 0.6) is 5.88 Å². The summed E-state index contributed by atoms with van der Waals surface area (Å²) >= 11 is 0. The molecule has 2 atom stereocenters. The third kappa shape index (κ3) is 3.63. The van der Waals surface area contributed by atoms with Gasteiger partial charge < -0.3 is 14.8 Å². The highest BCUT2D eigenvalue weighted by Crippen LogP contribution is 2.23. The molecule has 3 heterocycles. The molecule has 2 aliphatic rings. The summed E-state index contributed by atoms with van der Waals surface area (Å²) in [6.45, 7) is 8.29. The minimum absolute atomic E-state index is 0.227. The number of hydrogen-bond acceptors (Lipinski definition) is 6. The van der Waals surface area contributed by atoms with E-state index >= 15 is 0 Å². The van der Waals surface area contributed by atoms with E-state index < -0.39 is 0 Å². The molecular formula is C15H24N4O2. The Morgan fingerprint density at radius 2 is 2.38 bits per heavy atom. The van der Waals surface area contributed by atoms with Crippen molar-refractivity contribution in [3.8, 4) is 5.88 Å². The van der Waals surface area contributed by atoms with E-state index in [2.05, 4.69) is 20.2 Å².